The van der Waals surface area contributed by atoms with Gasteiger partial charge in [-0.1, -0.05) is 23.2 Å². The van der Waals surface area contributed by atoms with Crippen LogP contribution in [0.25, 0.3) is 0 Å². The zero-order valence-corrected chi connectivity index (χ0v) is 9.56. The van der Waals surface area contributed by atoms with Crippen molar-refractivity contribution in [3.63, 3.8) is 0 Å². The molecule has 0 aliphatic carbocycles. The summed E-state index contributed by atoms with van der Waals surface area (Å²) >= 11 is 11.6. The number of pyridine rings is 1. The highest BCUT2D eigenvalue weighted by atomic mass is 35.5. The molecule has 0 bridgehead atoms. The van der Waals surface area contributed by atoms with E-state index in [9.17, 15) is 4.39 Å². The third-order valence-electron chi connectivity index (χ3n) is 1.94. The Morgan fingerprint density at radius 3 is 2.62 bits per heavy atom. The quantitative estimate of drug-likeness (QED) is 0.812. The monoisotopic (exact) mass is 256 g/mol. The van der Waals surface area contributed by atoms with E-state index in [-0.39, 0.29) is 5.82 Å². The molecule has 0 spiro atoms. The molecule has 0 amide bonds. The van der Waals surface area contributed by atoms with Crippen molar-refractivity contribution < 1.29 is 4.39 Å². The first-order chi connectivity index (χ1) is 7.65. The molecular weight excluding hydrogens is 250 g/mol. The van der Waals surface area contributed by atoms with Gasteiger partial charge in [-0.3, -0.25) is 0 Å². The van der Waals surface area contributed by atoms with Gasteiger partial charge in [-0.2, -0.15) is 0 Å². The molecule has 0 atom stereocenters. The molecule has 1 aromatic heterocycles. The van der Waals surface area contributed by atoms with E-state index in [1.807, 2.05) is 0 Å². The van der Waals surface area contributed by atoms with Crippen LogP contribution in [0.5, 0.6) is 0 Å². The first-order valence-electron chi connectivity index (χ1n) is 4.49. The molecule has 1 aromatic carbocycles. The number of anilines is 2. The average Bonchev–Trinajstić information content (AvgIpc) is 2.22. The zero-order valence-electron chi connectivity index (χ0n) is 8.05. The summed E-state index contributed by atoms with van der Waals surface area (Å²) in [6.45, 7) is 0. The first-order valence-corrected chi connectivity index (χ1v) is 5.24. The number of nitrogens with zero attached hydrogens (tertiary/aromatic N) is 1. The number of hydrogen-bond donors (Lipinski definition) is 1. The summed E-state index contributed by atoms with van der Waals surface area (Å²) < 4.78 is 12.8. The van der Waals surface area contributed by atoms with Crippen LogP contribution in [0.15, 0.2) is 36.5 Å². The summed E-state index contributed by atoms with van der Waals surface area (Å²) in [5.74, 6) is -0.372. The lowest BCUT2D eigenvalue weighted by molar-refractivity contribution is 0.628. The molecule has 0 fully saturated rings. The molecule has 0 saturated heterocycles. The highest BCUT2D eigenvalue weighted by Gasteiger charge is 2.02. The summed E-state index contributed by atoms with van der Waals surface area (Å²) in [6.07, 6.45) is 1.57. The van der Waals surface area contributed by atoms with Crippen molar-refractivity contribution in [1.82, 2.24) is 4.98 Å². The van der Waals surface area contributed by atoms with Gasteiger partial charge in [-0.05, 0) is 30.3 Å². The summed E-state index contributed by atoms with van der Waals surface area (Å²) in [5, 5.41) is 3.71. The van der Waals surface area contributed by atoms with Gasteiger partial charge >= 0.3 is 0 Å². The molecule has 0 aliphatic heterocycles. The van der Waals surface area contributed by atoms with Crippen LogP contribution in [-0.2, 0) is 0 Å². The predicted molar refractivity (Wildman–Crippen MR) is 63.9 cm³/mol. The van der Waals surface area contributed by atoms with E-state index < -0.39 is 0 Å². The van der Waals surface area contributed by atoms with Crippen LogP contribution in [0.2, 0.25) is 10.2 Å². The Morgan fingerprint density at radius 1 is 1.12 bits per heavy atom. The highest BCUT2D eigenvalue weighted by Crippen LogP contribution is 2.26. The Morgan fingerprint density at radius 2 is 1.94 bits per heavy atom. The van der Waals surface area contributed by atoms with E-state index in [0.29, 0.717) is 15.9 Å². The SMILES string of the molecule is Fc1ccc(Nc2ccnc(Cl)c2)c(Cl)c1. The minimum absolute atomic E-state index is 0.313. The van der Waals surface area contributed by atoms with Gasteiger partial charge in [0, 0.05) is 11.9 Å². The Labute approximate surface area is 102 Å². The summed E-state index contributed by atoms with van der Waals surface area (Å²) in [5.41, 5.74) is 1.36. The lowest BCUT2D eigenvalue weighted by Crippen LogP contribution is -1.92. The van der Waals surface area contributed by atoms with Gasteiger partial charge < -0.3 is 5.32 Å². The van der Waals surface area contributed by atoms with Gasteiger partial charge in [0.25, 0.3) is 0 Å². The number of aromatic nitrogens is 1. The van der Waals surface area contributed by atoms with E-state index in [0.717, 1.165) is 5.69 Å². The smallest absolute Gasteiger partial charge is 0.131 e. The molecule has 0 radical (unpaired) electrons. The molecule has 1 N–H and O–H groups in total. The van der Waals surface area contributed by atoms with Crippen LogP contribution in [0.4, 0.5) is 15.8 Å². The highest BCUT2D eigenvalue weighted by molar-refractivity contribution is 6.33. The Balaban J connectivity index is 2.27. The molecule has 5 heteroatoms. The van der Waals surface area contributed by atoms with E-state index in [4.69, 9.17) is 23.2 Å². The minimum atomic E-state index is -0.372. The average molecular weight is 257 g/mol. The molecule has 0 saturated carbocycles. The van der Waals surface area contributed by atoms with Gasteiger partial charge in [-0.15, -0.1) is 0 Å². The predicted octanol–water partition coefficient (Wildman–Crippen LogP) is 4.27. The fraction of sp³-hybridized carbons (Fsp3) is 0. The number of rotatable bonds is 2. The second kappa shape index (κ2) is 4.68. The normalized spacial score (nSPS) is 10.2. The van der Waals surface area contributed by atoms with Crippen molar-refractivity contribution in [2.24, 2.45) is 0 Å². The van der Waals surface area contributed by atoms with Crippen molar-refractivity contribution in [2.75, 3.05) is 5.32 Å². The summed E-state index contributed by atoms with van der Waals surface area (Å²) in [6, 6.07) is 7.53. The molecular formula is C11H7Cl2FN2. The van der Waals surface area contributed by atoms with Crippen molar-refractivity contribution >= 4 is 34.6 Å². The Kier molecular flexibility index (Phi) is 3.27. The Bertz CT molecular complexity index is 517. The van der Waals surface area contributed by atoms with Crippen molar-refractivity contribution in [2.45, 2.75) is 0 Å². The second-order valence-corrected chi connectivity index (χ2v) is 3.91. The largest absolute Gasteiger partial charge is 0.354 e. The number of halogens is 3. The molecule has 2 aromatic rings. The zero-order chi connectivity index (χ0) is 11.5. The van der Waals surface area contributed by atoms with Gasteiger partial charge in [0.15, 0.2) is 0 Å². The summed E-state index contributed by atoms with van der Waals surface area (Å²) in [7, 11) is 0. The number of benzene rings is 1. The van der Waals surface area contributed by atoms with E-state index >= 15 is 0 Å². The standard InChI is InChI=1S/C11H7Cl2FN2/c12-9-5-7(14)1-2-10(9)16-8-3-4-15-11(13)6-8/h1-6H,(H,15,16). The minimum Gasteiger partial charge on any atom is -0.354 e. The van der Waals surface area contributed by atoms with Crippen molar-refractivity contribution in [3.8, 4) is 0 Å². The van der Waals surface area contributed by atoms with Gasteiger partial charge in [0.2, 0.25) is 0 Å². The van der Waals surface area contributed by atoms with Crippen LogP contribution in [-0.4, -0.2) is 4.98 Å². The third-order valence-corrected chi connectivity index (χ3v) is 2.46. The molecule has 2 rings (SSSR count). The molecule has 0 unspecified atom stereocenters. The fourth-order valence-electron chi connectivity index (χ4n) is 1.23. The van der Waals surface area contributed by atoms with E-state index in [2.05, 4.69) is 10.3 Å². The second-order valence-electron chi connectivity index (χ2n) is 3.12. The van der Waals surface area contributed by atoms with Crippen LogP contribution < -0.4 is 5.32 Å². The van der Waals surface area contributed by atoms with E-state index in [1.54, 1.807) is 24.4 Å². The topological polar surface area (TPSA) is 24.9 Å². The lowest BCUT2D eigenvalue weighted by atomic mass is 10.3. The first kappa shape index (κ1) is 11.2. The van der Waals surface area contributed by atoms with Crippen LogP contribution in [0, 0.1) is 5.82 Å². The Hall–Kier alpha value is -1.32. The van der Waals surface area contributed by atoms with Gasteiger partial charge in [0.1, 0.15) is 11.0 Å². The summed E-state index contributed by atoms with van der Waals surface area (Å²) in [4.78, 5) is 3.85. The molecule has 0 aliphatic rings. The molecule has 2 nitrogen and oxygen atoms in total. The molecule has 82 valence electrons. The van der Waals surface area contributed by atoms with Crippen molar-refractivity contribution in [1.29, 1.82) is 0 Å². The van der Waals surface area contributed by atoms with Gasteiger partial charge in [-0.25, -0.2) is 9.37 Å². The van der Waals surface area contributed by atoms with Gasteiger partial charge in [0.05, 0.1) is 10.7 Å². The van der Waals surface area contributed by atoms with E-state index in [1.165, 1.54) is 12.1 Å². The van der Waals surface area contributed by atoms with Crippen LogP contribution in [0.3, 0.4) is 0 Å². The maximum absolute atomic E-state index is 12.8. The van der Waals surface area contributed by atoms with Crippen molar-refractivity contribution in [3.05, 3.63) is 52.5 Å². The molecule has 16 heavy (non-hydrogen) atoms. The number of nitrogens with one attached hydrogen (secondary N) is 1. The molecule has 1 heterocycles. The number of hydrogen-bond acceptors (Lipinski definition) is 2. The lowest BCUT2D eigenvalue weighted by Gasteiger charge is -2.08. The fourth-order valence-corrected chi connectivity index (χ4v) is 1.61. The van der Waals surface area contributed by atoms with Crippen LogP contribution >= 0.6 is 23.2 Å². The maximum atomic E-state index is 12.8. The maximum Gasteiger partial charge on any atom is 0.131 e. The van der Waals surface area contributed by atoms with Crippen LogP contribution in [0.1, 0.15) is 0 Å². The third kappa shape index (κ3) is 2.62.